The summed E-state index contributed by atoms with van der Waals surface area (Å²) in [5.41, 5.74) is 1.55. The van der Waals surface area contributed by atoms with E-state index in [0.29, 0.717) is 17.1 Å². The van der Waals surface area contributed by atoms with E-state index in [1.165, 1.54) is 14.7 Å². The Kier molecular flexibility index (Phi) is 4.66. The van der Waals surface area contributed by atoms with Gasteiger partial charge < -0.3 is 9.47 Å². The number of benzene rings is 1. The Morgan fingerprint density at radius 1 is 1.21 bits per heavy atom. The Morgan fingerprint density at radius 2 is 1.96 bits per heavy atom. The van der Waals surface area contributed by atoms with Crippen molar-refractivity contribution in [2.75, 3.05) is 18.0 Å². The molecule has 0 amide bonds. The summed E-state index contributed by atoms with van der Waals surface area (Å²) in [5, 5.41) is 0. The molecule has 146 valence electrons. The van der Waals surface area contributed by atoms with Crippen LogP contribution in [-0.2, 0) is 26.6 Å². The fourth-order valence-electron chi connectivity index (χ4n) is 3.99. The first-order valence-electron chi connectivity index (χ1n) is 9.61. The van der Waals surface area contributed by atoms with Gasteiger partial charge in [-0.25, -0.2) is 4.79 Å². The highest BCUT2D eigenvalue weighted by Gasteiger charge is 2.28. The zero-order valence-electron chi connectivity index (χ0n) is 16.3. The van der Waals surface area contributed by atoms with Crippen molar-refractivity contribution in [3.8, 4) is 0 Å². The summed E-state index contributed by atoms with van der Waals surface area (Å²) in [6.45, 7) is 8.44. The van der Waals surface area contributed by atoms with Crippen LogP contribution in [0.3, 0.4) is 0 Å². The van der Waals surface area contributed by atoms with E-state index in [2.05, 4.69) is 30.5 Å². The lowest BCUT2D eigenvalue weighted by Gasteiger charge is -2.33. The maximum Gasteiger partial charge on any atom is 0.332 e. The Balaban J connectivity index is 1.81. The van der Waals surface area contributed by atoms with Gasteiger partial charge in [0, 0.05) is 33.2 Å². The van der Waals surface area contributed by atoms with E-state index in [1.807, 2.05) is 22.8 Å². The third-order valence-electron chi connectivity index (χ3n) is 5.35. The van der Waals surface area contributed by atoms with Crippen molar-refractivity contribution in [1.29, 1.82) is 0 Å². The van der Waals surface area contributed by atoms with Gasteiger partial charge in [-0.2, -0.15) is 4.98 Å². The SMILES string of the molecule is C=CCn1c(=O)c2c(nc3n2C[C@@H](C)CN3CCc2ccccc2)n(C)c1=O. The molecule has 1 aliphatic heterocycles. The van der Waals surface area contributed by atoms with Crippen molar-refractivity contribution < 1.29 is 0 Å². The van der Waals surface area contributed by atoms with E-state index in [4.69, 9.17) is 4.98 Å². The molecule has 1 aliphatic rings. The lowest BCUT2D eigenvalue weighted by Crippen LogP contribution is -2.41. The minimum absolute atomic E-state index is 0.190. The molecule has 3 heterocycles. The van der Waals surface area contributed by atoms with Gasteiger partial charge in [0.05, 0.1) is 0 Å². The molecule has 0 aliphatic carbocycles. The van der Waals surface area contributed by atoms with Crippen LogP contribution in [0.25, 0.3) is 11.2 Å². The molecule has 0 spiro atoms. The molecule has 0 saturated heterocycles. The molecule has 0 unspecified atom stereocenters. The molecule has 0 N–H and O–H groups in total. The number of hydrogen-bond acceptors (Lipinski definition) is 4. The zero-order valence-corrected chi connectivity index (χ0v) is 16.3. The van der Waals surface area contributed by atoms with Crippen LogP contribution in [0.1, 0.15) is 12.5 Å². The molecule has 0 saturated carbocycles. The number of hydrogen-bond donors (Lipinski definition) is 0. The minimum atomic E-state index is -0.364. The Labute approximate surface area is 163 Å². The average Bonchev–Trinajstić information content (AvgIpc) is 3.08. The lowest BCUT2D eigenvalue weighted by molar-refractivity contribution is 0.437. The lowest BCUT2D eigenvalue weighted by atomic mass is 10.1. The second-order valence-electron chi connectivity index (χ2n) is 7.53. The second kappa shape index (κ2) is 7.14. The highest BCUT2D eigenvalue weighted by Crippen LogP contribution is 2.26. The summed E-state index contributed by atoms with van der Waals surface area (Å²) < 4.78 is 4.67. The normalized spacial score (nSPS) is 16.4. The van der Waals surface area contributed by atoms with E-state index in [1.54, 1.807) is 13.1 Å². The number of fused-ring (bicyclic) bond motifs is 3. The molecule has 1 aromatic carbocycles. The summed E-state index contributed by atoms with van der Waals surface area (Å²) in [5.74, 6) is 1.15. The van der Waals surface area contributed by atoms with Gasteiger partial charge in [-0.05, 0) is 17.9 Å². The van der Waals surface area contributed by atoms with Crippen LogP contribution in [-0.4, -0.2) is 31.8 Å². The van der Waals surface area contributed by atoms with Crippen molar-refractivity contribution in [1.82, 2.24) is 18.7 Å². The first-order valence-corrected chi connectivity index (χ1v) is 9.61. The van der Waals surface area contributed by atoms with Gasteiger partial charge >= 0.3 is 5.69 Å². The highest BCUT2D eigenvalue weighted by atomic mass is 16.2. The van der Waals surface area contributed by atoms with E-state index < -0.39 is 0 Å². The van der Waals surface area contributed by atoms with Crippen LogP contribution >= 0.6 is 0 Å². The van der Waals surface area contributed by atoms with E-state index in [-0.39, 0.29) is 17.8 Å². The van der Waals surface area contributed by atoms with Gasteiger partial charge in [0.15, 0.2) is 11.2 Å². The van der Waals surface area contributed by atoms with Crippen LogP contribution in [0.2, 0.25) is 0 Å². The van der Waals surface area contributed by atoms with Crippen molar-refractivity contribution in [2.45, 2.75) is 26.4 Å². The van der Waals surface area contributed by atoms with Crippen LogP contribution in [0.5, 0.6) is 0 Å². The number of aromatic nitrogens is 4. The largest absolute Gasteiger partial charge is 0.342 e. The van der Waals surface area contributed by atoms with Crippen molar-refractivity contribution in [3.63, 3.8) is 0 Å². The van der Waals surface area contributed by atoms with Crippen LogP contribution in [0, 0.1) is 5.92 Å². The number of anilines is 1. The molecule has 0 radical (unpaired) electrons. The second-order valence-corrected chi connectivity index (χ2v) is 7.53. The number of rotatable bonds is 5. The third kappa shape index (κ3) is 2.96. The van der Waals surface area contributed by atoms with Gasteiger partial charge in [0.2, 0.25) is 5.95 Å². The van der Waals surface area contributed by atoms with E-state index in [0.717, 1.165) is 32.0 Å². The molecule has 0 bridgehead atoms. The maximum atomic E-state index is 13.0. The molecule has 3 aromatic rings. The Hall–Kier alpha value is -3.09. The first-order chi connectivity index (χ1) is 13.5. The molecule has 1 atom stereocenters. The number of imidazole rings is 1. The smallest absolute Gasteiger partial charge is 0.332 e. The molecular weight excluding hydrogens is 354 g/mol. The topological polar surface area (TPSA) is 65.1 Å². The number of allylic oxidation sites excluding steroid dienone is 1. The summed E-state index contributed by atoms with van der Waals surface area (Å²) in [4.78, 5) is 32.6. The van der Waals surface area contributed by atoms with Gasteiger partial charge in [0.1, 0.15) is 0 Å². The zero-order chi connectivity index (χ0) is 19.8. The summed E-state index contributed by atoms with van der Waals surface area (Å²) in [6, 6.07) is 10.3. The fraction of sp³-hybridized carbons (Fsp3) is 0.381. The summed E-state index contributed by atoms with van der Waals surface area (Å²) in [7, 11) is 1.67. The van der Waals surface area contributed by atoms with Crippen LogP contribution in [0.15, 0.2) is 52.6 Å². The van der Waals surface area contributed by atoms with Gasteiger partial charge in [0.25, 0.3) is 5.56 Å². The average molecular weight is 379 g/mol. The maximum absolute atomic E-state index is 13.0. The third-order valence-corrected chi connectivity index (χ3v) is 5.35. The molecule has 7 nitrogen and oxygen atoms in total. The molecule has 0 fully saturated rings. The Bertz CT molecular complexity index is 1140. The molecule has 2 aromatic heterocycles. The molecule has 28 heavy (non-hydrogen) atoms. The molecular formula is C21H25N5O2. The molecule has 4 rings (SSSR count). The van der Waals surface area contributed by atoms with Gasteiger partial charge in [-0.3, -0.25) is 13.9 Å². The predicted molar refractivity (Wildman–Crippen MR) is 111 cm³/mol. The van der Waals surface area contributed by atoms with E-state index >= 15 is 0 Å². The van der Waals surface area contributed by atoms with Crippen molar-refractivity contribution in [3.05, 3.63) is 69.4 Å². The van der Waals surface area contributed by atoms with E-state index in [9.17, 15) is 9.59 Å². The first kappa shape index (κ1) is 18.3. The predicted octanol–water partition coefficient (Wildman–Crippen LogP) is 1.78. The van der Waals surface area contributed by atoms with Crippen molar-refractivity contribution in [2.24, 2.45) is 13.0 Å². The monoisotopic (exact) mass is 379 g/mol. The van der Waals surface area contributed by atoms with Crippen LogP contribution in [0.4, 0.5) is 5.95 Å². The minimum Gasteiger partial charge on any atom is -0.342 e. The number of aryl methyl sites for hydroxylation is 1. The fourth-order valence-corrected chi connectivity index (χ4v) is 3.99. The Morgan fingerprint density at radius 3 is 2.68 bits per heavy atom. The van der Waals surface area contributed by atoms with Gasteiger partial charge in [-0.1, -0.05) is 43.3 Å². The summed E-state index contributed by atoms with van der Waals surface area (Å²) in [6.07, 6.45) is 2.47. The highest BCUT2D eigenvalue weighted by molar-refractivity contribution is 5.75. The van der Waals surface area contributed by atoms with Crippen molar-refractivity contribution >= 4 is 17.1 Å². The quantitative estimate of drug-likeness (QED) is 0.634. The van der Waals surface area contributed by atoms with Gasteiger partial charge in [-0.15, -0.1) is 6.58 Å². The molecule has 7 heteroatoms. The van der Waals surface area contributed by atoms with Crippen LogP contribution < -0.4 is 16.1 Å². The summed E-state index contributed by atoms with van der Waals surface area (Å²) >= 11 is 0. The number of nitrogens with zero attached hydrogens (tertiary/aromatic N) is 5. The standard InChI is InChI=1S/C21H25N5O2/c1-4-11-25-19(27)17-18(23(3)21(25)28)22-20-24(13-15(2)14-26(17)20)12-10-16-8-6-5-7-9-16/h4-9,15H,1,10-14H2,2-3H3/t15-/m0/s1.